The molecule has 0 spiro atoms. The zero-order valence-corrected chi connectivity index (χ0v) is 16.0. The van der Waals surface area contributed by atoms with Gasteiger partial charge in [0.2, 0.25) is 5.91 Å². The average molecular weight is 408 g/mol. The first-order valence-electron chi connectivity index (χ1n) is 9.08. The molecule has 2 amide bonds. The number of ether oxygens (including phenoxy) is 1. The zero-order valence-electron chi connectivity index (χ0n) is 16.0. The summed E-state index contributed by atoms with van der Waals surface area (Å²) in [5, 5.41) is 5.52. The Morgan fingerprint density at radius 1 is 1.00 bits per heavy atom. The van der Waals surface area contributed by atoms with Crippen molar-refractivity contribution in [3.8, 4) is 0 Å². The summed E-state index contributed by atoms with van der Waals surface area (Å²) in [4.78, 5) is 24.1. The van der Waals surface area contributed by atoms with Gasteiger partial charge in [0.25, 0.3) is 5.91 Å². The number of amides is 2. The van der Waals surface area contributed by atoms with Crippen LogP contribution in [-0.2, 0) is 22.7 Å². The molecule has 0 radical (unpaired) electrons. The van der Waals surface area contributed by atoms with Gasteiger partial charge in [-0.25, -0.2) is 0 Å². The van der Waals surface area contributed by atoms with Gasteiger partial charge in [-0.15, -0.1) is 0 Å². The summed E-state index contributed by atoms with van der Waals surface area (Å²) in [6.07, 6.45) is -4.22. The molecule has 0 heterocycles. The number of carbonyl (C=O) groups is 2. The van der Waals surface area contributed by atoms with E-state index >= 15 is 0 Å². The Labute approximate surface area is 167 Å². The lowest BCUT2D eigenvalue weighted by Gasteiger charge is -2.14. The molecule has 8 heteroatoms. The van der Waals surface area contributed by atoms with Gasteiger partial charge in [-0.05, 0) is 30.2 Å². The number of hydrogen-bond donors (Lipinski definition) is 2. The number of rotatable bonds is 9. The van der Waals surface area contributed by atoms with Gasteiger partial charge in [0.05, 0.1) is 6.61 Å². The second kappa shape index (κ2) is 10.6. The highest BCUT2D eigenvalue weighted by Crippen LogP contribution is 2.15. The van der Waals surface area contributed by atoms with E-state index in [1.54, 1.807) is 55.5 Å². The Morgan fingerprint density at radius 2 is 1.62 bits per heavy atom. The minimum atomic E-state index is -4.35. The zero-order chi connectivity index (χ0) is 21.3. The van der Waals surface area contributed by atoms with Crippen LogP contribution in [0.3, 0.4) is 0 Å². The lowest BCUT2D eigenvalue weighted by atomic mass is 10.1. The van der Waals surface area contributed by atoms with Crippen LogP contribution in [0.4, 0.5) is 13.2 Å². The molecule has 1 atom stereocenters. The first-order chi connectivity index (χ1) is 13.7. The average Bonchev–Trinajstić information content (AvgIpc) is 2.67. The Kier molecular flexibility index (Phi) is 8.21. The van der Waals surface area contributed by atoms with Crippen molar-refractivity contribution in [2.24, 2.45) is 0 Å². The Hall–Kier alpha value is -2.87. The van der Waals surface area contributed by atoms with E-state index in [0.29, 0.717) is 11.1 Å². The van der Waals surface area contributed by atoms with Crippen LogP contribution in [0.1, 0.15) is 34.8 Å². The van der Waals surface area contributed by atoms with Crippen LogP contribution < -0.4 is 10.6 Å². The van der Waals surface area contributed by atoms with Crippen molar-refractivity contribution in [1.82, 2.24) is 10.6 Å². The molecule has 2 aromatic carbocycles. The summed E-state index contributed by atoms with van der Waals surface area (Å²) in [5.74, 6) is -0.460. The SMILES string of the molecule is CC(CC(=O)NCc1ccc(COCC(F)(F)F)cc1)NC(=O)c1ccccc1. The first kappa shape index (κ1) is 22.4. The molecule has 0 saturated heterocycles. The summed E-state index contributed by atoms with van der Waals surface area (Å²) in [6.45, 7) is 0.604. The molecule has 0 aromatic heterocycles. The molecule has 156 valence electrons. The molecular formula is C21H23F3N2O3. The molecule has 0 fully saturated rings. The second-order valence-corrected chi connectivity index (χ2v) is 6.65. The standard InChI is InChI=1S/C21H23F3N2O3/c1-15(26-20(28)18-5-3-2-4-6-18)11-19(27)25-12-16-7-9-17(10-8-16)13-29-14-21(22,23)24/h2-10,15H,11-14H2,1H3,(H,25,27)(H,26,28). The van der Waals surface area contributed by atoms with Crippen LogP contribution in [0, 0.1) is 0 Å². The van der Waals surface area contributed by atoms with Gasteiger partial charge in [0.1, 0.15) is 6.61 Å². The number of halogens is 3. The summed E-state index contributed by atoms with van der Waals surface area (Å²) in [7, 11) is 0. The lowest BCUT2D eigenvalue weighted by Crippen LogP contribution is -2.37. The van der Waals surface area contributed by atoms with Crippen molar-refractivity contribution >= 4 is 11.8 Å². The predicted octanol–water partition coefficient (Wildman–Crippen LogP) is 3.59. The molecule has 0 saturated carbocycles. The van der Waals surface area contributed by atoms with Crippen LogP contribution in [0.2, 0.25) is 0 Å². The molecule has 0 bridgehead atoms. The van der Waals surface area contributed by atoms with Gasteiger partial charge in [-0.3, -0.25) is 9.59 Å². The van der Waals surface area contributed by atoms with Crippen molar-refractivity contribution in [3.63, 3.8) is 0 Å². The number of hydrogen-bond acceptors (Lipinski definition) is 3. The number of carbonyl (C=O) groups excluding carboxylic acids is 2. The topological polar surface area (TPSA) is 67.4 Å². The maximum Gasteiger partial charge on any atom is 0.411 e. The van der Waals surface area contributed by atoms with E-state index in [1.165, 1.54) is 0 Å². The summed E-state index contributed by atoms with van der Waals surface area (Å²) in [6, 6.07) is 15.1. The molecule has 0 aliphatic heterocycles. The summed E-state index contributed by atoms with van der Waals surface area (Å²) in [5.41, 5.74) is 1.94. The van der Waals surface area contributed by atoms with Crippen LogP contribution in [0.5, 0.6) is 0 Å². The minimum Gasteiger partial charge on any atom is -0.367 e. The van der Waals surface area contributed by atoms with E-state index in [-0.39, 0.29) is 37.4 Å². The van der Waals surface area contributed by atoms with Crippen LogP contribution >= 0.6 is 0 Å². The van der Waals surface area contributed by atoms with E-state index in [9.17, 15) is 22.8 Å². The van der Waals surface area contributed by atoms with E-state index in [1.807, 2.05) is 6.07 Å². The quantitative estimate of drug-likeness (QED) is 0.666. The smallest absolute Gasteiger partial charge is 0.367 e. The normalized spacial score (nSPS) is 12.3. The van der Waals surface area contributed by atoms with Crippen LogP contribution in [0.25, 0.3) is 0 Å². The molecule has 2 N–H and O–H groups in total. The summed E-state index contributed by atoms with van der Waals surface area (Å²) >= 11 is 0. The van der Waals surface area contributed by atoms with E-state index in [0.717, 1.165) is 5.56 Å². The van der Waals surface area contributed by atoms with Gasteiger partial charge in [0, 0.05) is 24.6 Å². The number of nitrogens with one attached hydrogen (secondary N) is 2. The maximum absolute atomic E-state index is 12.1. The molecular weight excluding hydrogens is 385 g/mol. The highest BCUT2D eigenvalue weighted by Gasteiger charge is 2.27. The molecule has 5 nitrogen and oxygen atoms in total. The van der Waals surface area contributed by atoms with E-state index < -0.39 is 12.8 Å². The Bertz CT molecular complexity index is 793. The predicted molar refractivity (Wildman–Crippen MR) is 102 cm³/mol. The first-order valence-corrected chi connectivity index (χ1v) is 9.08. The highest BCUT2D eigenvalue weighted by molar-refractivity contribution is 5.94. The maximum atomic E-state index is 12.1. The Morgan fingerprint density at radius 3 is 2.24 bits per heavy atom. The molecule has 1 unspecified atom stereocenters. The van der Waals surface area contributed by atoms with Crippen molar-refractivity contribution < 1.29 is 27.5 Å². The fraction of sp³-hybridized carbons (Fsp3) is 0.333. The minimum absolute atomic E-state index is 0.127. The fourth-order valence-electron chi connectivity index (χ4n) is 2.54. The third-order valence-electron chi connectivity index (χ3n) is 3.95. The number of benzene rings is 2. The van der Waals surface area contributed by atoms with Crippen LogP contribution in [-0.4, -0.2) is 30.6 Å². The van der Waals surface area contributed by atoms with Gasteiger partial charge in [0.15, 0.2) is 0 Å². The van der Waals surface area contributed by atoms with Crippen molar-refractivity contribution in [1.29, 1.82) is 0 Å². The van der Waals surface area contributed by atoms with E-state index in [4.69, 9.17) is 0 Å². The molecule has 0 aliphatic carbocycles. The second-order valence-electron chi connectivity index (χ2n) is 6.65. The van der Waals surface area contributed by atoms with Crippen molar-refractivity contribution in [3.05, 3.63) is 71.3 Å². The Balaban J connectivity index is 1.71. The van der Waals surface area contributed by atoms with Gasteiger partial charge >= 0.3 is 6.18 Å². The third-order valence-corrected chi connectivity index (χ3v) is 3.95. The summed E-state index contributed by atoms with van der Waals surface area (Å²) < 4.78 is 40.8. The van der Waals surface area contributed by atoms with Crippen molar-refractivity contribution in [2.75, 3.05) is 6.61 Å². The fourth-order valence-corrected chi connectivity index (χ4v) is 2.54. The highest BCUT2D eigenvalue weighted by atomic mass is 19.4. The van der Waals surface area contributed by atoms with Crippen LogP contribution in [0.15, 0.2) is 54.6 Å². The lowest BCUT2D eigenvalue weighted by molar-refractivity contribution is -0.176. The molecule has 2 aromatic rings. The van der Waals surface area contributed by atoms with Crippen molar-refractivity contribution in [2.45, 2.75) is 38.7 Å². The number of alkyl halides is 3. The van der Waals surface area contributed by atoms with Gasteiger partial charge in [-0.2, -0.15) is 13.2 Å². The van der Waals surface area contributed by atoms with Gasteiger partial charge < -0.3 is 15.4 Å². The van der Waals surface area contributed by atoms with Gasteiger partial charge in [-0.1, -0.05) is 42.5 Å². The molecule has 0 aliphatic rings. The molecule has 29 heavy (non-hydrogen) atoms. The largest absolute Gasteiger partial charge is 0.411 e. The molecule has 2 rings (SSSR count). The van der Waals surface area contributed by atoms with E-state index in [2.05, 4.69) is 15.4 Å². The monoisotopic (exact) mass is 408 g/mol. The third kappa shape index (κ3) is 8.78.